The van der Waals surface area contributed by atoms with Crippen molar-refractivity contribution in [2.24, 2.45) is 0 Å². The van der Waals surface area contributed by atoms with E-state index in [-0.39, 0.29) is 5.75 Å². The highest BCUT2D eigenvalue weighted by molar-refractivity contribution is 5.85. The zero-order valence-electron chi connectivity index (χ0n) is 6.27. The van der Waals surface area contributed by atoms with Gasteiger partial charge in [0.1, 0.15) is 5.75 Å². The first-order valence-electron chi connectivity index (χ1n) is 3.38. The van der Waals surface area contributed by atoms with Crippen molar-refractivity contribution in [3.05, 3.63) is 35.9 Å². The predicted octanol–water partition coefficient (Wildman–Crippen LogP) is 1.49. The minimum absolute atomic E-state index is 0.169. The molecule has 0 aliphatic heterocycles. The van der Waals surface area contributed by atoms with E-state index in [1.54, 1.807) is 12.1 Å². The molecule has 0 saturated heterocycles. The van der Waals surface area contributed by atoms with Gasteiger partial charge in [0, 0.05) is 6.08 Å². The highest BCUT2D eigenvalue weighted by Crippen LogP contribution is 2.10. The summed E-state index contributed by atoms with van der Waals surface area (Å²) >= 11 is 0. The number of aromatic hydroxyl groups is 1. The molecule has 1 rings (SSSR count). The first-order valence-corrected chi connectivity index (χ1v) is 3.38. The third-order valence-electron chi connectivity index (χ3n) is 1.31. The van der Waals surface area contributed by atoms with E-state index in [0.29, 0.717) is 0 Å². The molecule has 0 bridgehead atoms. The number of phenols is 1. The highest BCUT2D eigenvalue weighted by Gasteiger charge is 1.89. The number of aliphatic carboxylic acids is 1. The molecule has 0 amide bonds. The molecule has 0 aliphatic carbocycles. The Balaban J connectivity index is 2.77. The fourth-order valence-corrected chi connectivity index (χ4v) is 0.753. The van der Waals surface area contributed by atoms with Gasteiger partial charge >= 0.3 is 5.97 Å². The van der Waals surface area contributed by atoms with Gasteiger partial charge < -0.3 is 10.2 Å². The van der Waals surface area contributed by atoms with Gasteiger partial charge in [-0.25, -0.2) is 4.79 Å². The Morgan fingerprint density at radius 3 is 2.33 bits per heavy atom. The number of rotatable bonds is 2. The molecule has 0 fully saturated rings. The summed E-state index contributed by atoms with van der Waals surface area (Å²) in [6.45, 7) is 0. The van der Waals surface area contributed by atoms with E-state index in [1.165, 1.54) is 18.2 Å². The van der Waals surface area contributed by atoms with Crippen LogP contribution in [-0.4, -0.2) is 16.2 Å². The number of phenolic OH excluding ortho intramolecular Hbond substituents is 1. The number of benzene rings is 1. The van der Waals surface area contributed by atoms with Crippen LogP contribution in [0.1, 0.15) is 5.56 Å². The molecule has 12 heavy (non-hydrogen) atoms. The largest absolute Gasteiger partial charge is 0.508 e. The lowest BCUT2D eigenvalue weighted by atomic mass is 11.2. The van der Waals surface area contributed by atoms with Crippen LogP contribution in [0.4, 0.5) is 0 Å². The summed E-state index contributed by atoms with van der Waals surface area (Å²) < 4.78 is 0. The van der Waals surface area contributed by atoms with Crippen molar-refractivity contribution in [3.63, 3.8) is 0 Å². The maximum Gasteiger partial charge on any atom is 0.328 e. The summed E-state index contributed by atoms with van der Waals surface area (Å²) in [6.07, 6.45) is 2.51. The van der Waals surface area contributed by atoms with Crippen LogP contribution in [0.15, 0.2) is 30.3 Å². The maximum absolute atomic E-state index is 10.1. The second kappa shape index (κ2) is 3.57. The van der Waals surface area contributed by atoms with Crippen molar-refractivity contribution in [2.75, 3.05) is 0 Å². The van der Waals surface area contributed by atoms with E-state index < -0.39 is 5.97 Å². The van der Waals surface area contributed by atoms with Crippen LogP contribution in [0.2, 0.25) is 0 Å². The summed E-state index contributed by atoms with van der Waals surface area (Å²) in [6, 6.07) is 6.27. The average molecular weight is 173 g/mol. The summed E-state index contributed by atoms with van der Waals surface area (Å²) in [4.78, 5) is 10.1. The van der Waals surface area contributed by atoms with Gasteiger partial charge in [0.2, 0.25) is 0 Å². The van der Waals surface area contributed by atoms with E-state index in [9.17, 15) is 4.79 Å². The zero-order valence-corrected chi connectivity index (χ0v) is 6.27. The van der Waals surface area contributed by atoms with Crippen molar-refractivity contribution < 1.29 is 15.0 Å². The molecular formula is C9H8O3. The summed E-state index contributed by atoms with van der Waals surface area (Å²) in [5.41, 5.74) is 0.746. The molecular weight excluding hydrogens is 165 g/mol. The Labute approximate surface area is 69.6 Å². The normalized spacial score (nSPS) is 10.3. The molecule has 3 heteroatoms. The topological polar surface area (TPSA) is 57.5 Å². The lowest BCUT2D eigenvalue weighted by molar-refractivity contribution is -0.131. The molecule has 0 saturated carbocycles. The van der Waals surface area contributed by atoms with Crippen LogP contribution in [0, 0.1) is 0 Å². The number of hydrogen-bond donors (Lipinski definition) is 2. The average Bonchev–Trinajstić information content (AvgIpc) is 2.03. The lowest BCUT2D eigenvalue weighted by Crippen LogP contribution is -1.85. The van der Waals surface area contributed by atoms with Crippen molar-refractivity contribution in [1.29, 1.82) is 0 Å². The van der Waals surface area contributed by atoms with Crippen molar-refractivity contribution >= 4 is 12.0 Å². The molecule has 0 unspecified atom stereocenters. The molecule has 1 aromatic carbocycles. The number of carboxylic acid groups (broad SMARTS) is 1. The molecule has 0 aliphatic rings. The molecule has 0 heterocycles. The number of hydrogen-bond acceptors (Lipinski definition) is 2. The van der Waals surface area contributed by atoms with E-state index >= 15 is 0 Å². The number of carbonyl (C=O) groups is 1. The van der Waals surface area contributed by atoms with Crippen LogP contribution in [-0.2, 0) is 4.79 Å². The van der Waals surface area contributed by atoms with Crippen LogP contribution < -0.4 is 0 Å². The second-order valence-corrected chi connectivity index (χ2v) is 2.26. The molecule has 0 aromatic heterocycles. The van der Waals surface area contributed by atoms with Gasteiger partial charge in [0.15, 0.2) is 0 Å². The Morgan fingerprint density at radius 2 is 1.83 bits per heavy atom. The van der Waals surface area contributed by atoms with Gasteiger partial charge in [-0.05, 0) is 23.8 Å². The third kappa shape index (κ3) is 2.46. The SMILES string of the molecule is O=[13C](O)/[13CH]=[13CH]/[13c]1[13cH][13cH][13c](O)[13cH][13cH]1. The van der Waals surface area contributed by atoms with Crippen molar-refractivity contribution in [2.45, 2.75) is 0 Å². The first-order chi connectivity index (χ1) is 5.68. The van der Waals surface area contributed by atoms with Crippen LogP contribution in [0.25, 0.3) is 6.08 Å². The first kappa shape index (κ1) is 8.33. The monoisotopic (exact) mass is 173 g/mol. The van der Waals surface area contributed by atoms with Gasteiger partial charge in [-0.2, -0.15) is 0 Å². The molecule has 0 spiro atoms. The van der Waals surface area contributed by atoms with Gasteiger partial charge in [-0.15, -0.1) is 0 Å². The molecule has 2 N–H and O–H groups in total. The smallest absolute Gasteiger partial charge is 0.328 e. The minimum Gasteiger partial charge on any atom is -0.508 e. The van der Waals surface area contributed by atoms with E-state index in [4.69, 9.17) is 10.2 Å². The summed E-state index contributed by atoms with van der Waals surface area (Å²) in [7, 11) is 0. The predicted molar refractivity (Wildman–Crippen MR) is 44.8 cm³/mol. The van der Waals surface area contributed by atoms with E-state index in [0.717, 1.165) is 11.6 Å². The fraction of sp³-hybridized carbons (Fsp3) is 0. The maximum atomic E-state index is 10.1. The van der Waals surface area contributed by atoms with Crippen LogP contribution in [0.5, 0.6) is 5.75 Å². The number of carboxylic acids is 1. The standard InChI is InChI=1S/C9H8O3/c10-8-4-1-7(2-5-8)3-6-9(11)12/h1-6,10H,(H,11,12)/b6-3+/i1+1,2+1,3+1,4+1,5+1,6+1,7+1,8+1,9+1. The van der Waals surface area contributed by atoms with Crippen molar-refractivity contribution in [3.8, 4) is 5.75 Å². The van der Waals surface area contributed by atoms with Crippen molar-refractivity contribution in [1.82, 2.24) is 0 Å². The Bertz CT molecular complexity index is 298. The van der Waals surface area contributed by atoms with Gasteiger partial charge in [0.05, 0.1) is 0 Å². The molecule has 0 radical (unpaired) electrons. The second-order valence-electron chi connectivity index (χ2n) is 2.26. The van der Waals surface area contributed by atoms with E-state index in [1.807, 2.05) is 0 Å². The van der Waals surface area contributed by atoms with Gasteiger partial charge in [-0.1, -0.05) is 12.1 Å². The Hall–Kier alpha value is -1.77. The molecule has 1 aromatic rings. The zero-order chi connectivity index (χ0) is 8.97. The van der Waals surface area contributed by atoms with Crippen LogP contribution in [0.3, 0.4) is 0 Å². The molecule has 0 atom stereocenters. The van der Waals surface area contributed by atoms with Gasteiger partial charge in [-0.3, -0.25) is 0 Å². The van der Waals surface area contributed by atoms with E-state index in [2.05, 4.69) is 0 Å². The quantitative estimate of drug-likeness (QED) is 0.526. The third-order valence-corrected chi connectivity index (χ3v) is 1.31. The lowest BCUT2D eigenvalue weighted by Gasteiger charge is -1.92. The summed E-state index contributed by atoms with van der Waals surface area (Å²) in [5.74, 6) is -0.814. The van der Waals surface area contributed by atoms with Gasteiger partial charge in [0.25, 0.3) is 0 Å². The highest BCUT2D eigenvalue weighted by atomic mass is 16.5. The Kier molecular flexibility index (Phi) is 2.48. The molecule has 62 valence electrons. The Morgan fingerprint density at radius 1 is 1.25 bits per heavy atom. The van der Waals surface area contributed by atoms with Crippen LogP contribution >= 0.6 is 0 Å². The fourth-order valence-electron chi connectivity index (χ4n) is 0.753. The summed E-state index contributed by atoms with van der Waals surface area (Å²) in [5, 5.41) is 17.2. The molecule has 3 nitrogen and oxygen atoms in total. The minimum atomic E-state index is -0.983.